The van der Waals surface area contributed by atoms with Gasteiger partial charge in [-0.05, 0) is 33.2 Å². The summed E-state index contributed by atoms with van der Waals surface area (Å²) in [6, 6.07) is 0.898. The van der Waals surface area contributed by atoms with Gasteiger partial charge in [0.2, 0.25) is 0 Å². The van der Waals surface area contributed by atoms with Crippen molar-refractivity contribution >= 4 is 16.5 Å². The van der Waals surface area contributed by atoms with E-state index < -0.39 is 0 Å². The van der Waals surface area contributed by atoms with Crippen molar-refractivity contribution in [2.45, 2.75) is 53.6 Å². The first-order valence-corrected chi connectivity index (χ1v) is 7.73. The number of aromatic nitrogens is 1. The number of nitrogens with one attached hydrogen (secondary N) is 1. The van der Waals surface area contributed by atoms with Gasteiger partial charge < -0.3 is 10.2 Å². The predicted octanol–water partition coefficient (Wildman–Crippen LogP) is 3.68. The average molecular weight is 269 g/mol. The zero-order valence-corrected chi connectivity index (χ0v) is 13.3. The van der Waals surface area contributed by atoms with Crippen LogP contribution in [0, 0.1) is 5.92 Å². The summed E-state index contributed by atoms with van der Waals surface area (Å²) < 4.78 is 0. The Balaban J connectivity index is 2.80. The third-order valence-electron chi connectivity index (χ3n) is 2.88. The van der Waals surface area contributed by atoms with E-state index in [1.165, 1.54) is 4.88 Å². The van der Waals surface area contributed by atoms with Gasteiger partial charge in [-0.3, -0.25) is 0 Å². The minimum atomic E-state index is 0.398. The lowest BCUT2D eigenvalue weighted by molar-refractivity contribution is 0.570. The van der Waals surface area contributed by atoms with Crippen LogP contribution in [0.4, 0.5) is 5.13 Å². The molecular formula is C14H27N3S. The second kappa shape index (κ2) is 7.10. The first-order valence-electron chi connectivity index (χ1n) is 6.91. The van der Waals surface area contributed by atoms with Crippen molar-refractivity contribution in [2.24, 2.45) is 5.92 Å². The van der Waals surface area contributed by atoms with Crippen molar-refractivity contribution in [2.75, 3.05) is 18.0 Å². The summed E-state index contributed by atoms with van der Waals surface area (Å²) in [5, 5.41) is 4.59. The van der Waals surface area contributed by atoms with Crippen LogP contribution in [0.5, 0.6) is 0 Å². The highest BCUT2D eigenvalue weighted by molar-refractivity contribution is 7.15. The van der Waals surface area contributed by atoms with Gasteiger partial charge in [-0.15, -0.1) is 11.3 Å². The van der Waals surface area contributed by atoms with Gasteiger partial charge in [-0.2, -0.15) is 0 Å². The maximum atomic E-state index is 4.60. The molecule has 0 aliphatic rings. The van der Waals surface area contributed by atoms with Crippen LogP contribution in [0.25, 0.3) is 0 Å². The highest BCUT2D eigenvalue weighted by Crippen LogP contribution is 2.28. The van der Waals surface area contributed by atoms with E-state index in [2.05, 4.69) is 56.7 Å². The van der Waals surface area contributed by atoms with Gasteiger partial charge in [0.25, 0.3) is 0 Å². The summed E-state index contributed by atoms with van der Waals surface area (Å²) in [7, 11) is 0. The number of anilines is 1. The SMILES string of the molecule is CCNC(C)c1cnc(N(CC(C)C)C(C)C)s1. The quantitative estimate of drug-likeness (QED) is 0.818. The third-order valence-corrected chi connectivity index (χ3v) is 4.10. The van der Waals surface area contributed by atoms with Crippen molar-refractivity contribution in [1.29, 1.82) is 0 Å². The summed E-state index contributed by atoms with van der Waals surface area (Å²) in [5.41, 5.74) is 0. The van der Waals surface area contributed by atoms with Gasteiger partial charge in [0.1, 0.15) is 0 Å². The van der Waals surface area contributed by atoms with E-state index in [9.17, 15) is 0 Å². The Morgan fingerprint density at radius 1 is 1.28 bits per heavy atom. The van der Waals surface area contributed by atoms with Gasteiger partial charge in [0.05, 0.1) is 0 Å². The smallest absolute Gasteiger partial charge is 0.185 e. The zero-order valence-electron chi connectivity index (χ0n) is 12.5. The fraction of sp³-hybridized carbons (Fsp3) is 0.786. The summed E-state index contributed by atoms with van der Waals surface area (Å²) in [4.78, 5) is 8.32. The summed E-state index contributed by atoms with van der Waals surface area (Å²) in [6.45, 7) is 15.4. The van der Waals surface area contributed by atoms with Crippen molar-refractivity contribution in [3.8, 4) is 0 Å². The highest BCUT2D eigenvalue weighted by Gasteiger charge is 2.17. The van der Waals surface area contributed by atoms with Gasteiger partial charge in [-0.1, -0.05) is 20.8 Å². The molecule has 1 atom stereocenters. The molecule has 0 saturated heterocycles. The van der Waals surface area contributed by atoms with Crippen molar-refractivity contribution in [3.05, 3.63) is 11.1 Å². The van der Waals surface area contributed by atoms with Crippen LogP contribution < -0.4 is 10.2 Å². The van der Waals surface area contributed by atoms with Gasteiger partial charge in [0.15, 0.2) is 5.13 Å². The second-order valence-corrected chi connectivity index (χ2v) is 6.51. The van der Waals surface area contributed by atoms with E-state index in [1.54, 1.807) is 0 Å². The fourth-order valence-corrected chi connectivity index (χ4v) is 3.00. The Morgan fingerprint density at radius 3 is 2.44 bits per heavy atom. The number of nitrogens with zero attached hydrogens (tertiary/aromatic N) is 2. The molecule has 0 bridgehead atoms. The van der Waals surface area contributed by atoms with E-state index in [0.717, 1.165) is 18.2 Å². The molecule has 1 aromatic heterocycles. The molecule has 1 unspecified atom stereocenters. The molecule has 0 aromatic carbocycles. The predicted molar refractivity (Wildman–Crippen MR) is 81.5 cm³/mol. The third kappa shape index (κ3) is 4.25. The first-order chi connectivity index (χ1) is 8.45. The van der Waals surface area contributed by atoms with Crippen LogP contribution in [-0.2, 0) is 0 Å². The van der Waals surface area contributed by atoms with Crippen molar-refractivity contribution in [1.82, 2.24) is 10.3 Å². The molecular weight excluding hydrogens is 242 g/mol. The molecule has 0 amide bonds. The van der Waals surface area contributed by atoms with Gasteiger partial charge in [0, 0.05) is 29.7 Å². The normalized spacial score (nSPS) is 13.3. The molecule has 0 aliphatic heterocycles. The first kappa shape index (κ1) is 15.4. The molecule has 4 heteroatoms. The van der Waals surface area contributed by atoms with Crippen LogP contribution in [0.1, 0.15) is 52.5 Å². The van der Waals surface area contributed by atoms with Gasteiger partial charge in [-0.25, -0.2) is 4.98 Å². The van der Waals surface area contributed by atoms with Crippen LogP contribution in [0.2, 0.25) is 0 Å². The topological polar surface area (TPSA) is 28.2 Å². The van der Waals surface area contributed by atoms with E-state index in [4.69, 9.17) is 0 Å². The summed E-state index contributed by atoms with van der Waals surface area (Å²) in [6.07, 6.45) is 2.02. The lowest BCUT2D eigenvalue weighted by Gasteiger charge is -2.27. The highest BCUT2D eigenvalue weighted by atomic mass is 32.1. The van der Waals surface area contributed by atoms with Crippen LogP contribution in [0.3, 0.4) is 0 Å². The monoisotopic (exact) mass is 269 g/mol. The van der Waals surface area contributed by atoms with Crippen molar-refractivity contribution in [3.63, 3.8) is 0 Å². The molecule has 18 heavy (non-hydrogen) atoms. The number of hydrogen-bond acceptors (Lipinski definition) is 4. The second-order valence-electron chi connectivity index (χ2n) is 5.46. The number of thiazole rings is 1. The molecule has 0 spiro atoms. The maximum absolute atomic E-state index is 4.60. The molecule has 1 N–H and O–H groups in total. The zero-order chi connectivity index (χ0) is 13.7. The Bertz CT molecular complexity index is 347. The Hall–Kier alpha value is -0.610. The molecule has 104 valence electrons. The minimum absolute atomic E-state index is 0.398. The maximum Gasteiger partial charge on any atom is 0.185 e. The molecule has 0 saturated carbocycles. The Morgan fingerprint density at radius 2 is 1.94 bits per heavy atom. The Kier molecular flexibility index (Phi) is 6.09. The van der Waals surface area contributed by atoms with E-state index in [0.29, 0.717) is 18.0 Å². The number of hydrogen-bond donors (Lipinski definition) is 1. The lowest BCUT2D eigenvalue weighted by atomic mass is 10.2. The van der Waals surface area contributed by atoms with Crippen LogP contribution in [-0.4, -0.2) is 24.1 Å². The summed E-state index contributed by atoms with van der Waals surface area (Å²) >= 11 is 1.81. The molecule has 1 aromatic rings. The van der Waals surface area contributed by atoms with E-state index in [-0.39, 0.29) is 0 Å². The Labute approximate surface area is 116 Å². The minimum Gasteiger partial charge on any atom is -0.345 e. The largest absolute Gasteiger partial charge is 0.345 e. The molecule has 0 fully saturated rings. The molecule has 0 radical (unpaired) electrons. The van der Waals surface area contributed by atoms with E-state index in [1.807, 2.05) is 17.5 Å². The molecule has 1 rings (SSSR count). The average Bonchev–Trinajstić information content (AvgIpc) is 2.74. The molecule has 0 aliphatic carbocycles. The standard InChI is InChI=1S/C14H27N3S/c1-7-15-12(6)13-8-16-14(18-13)17(11(4)5)9-10(2)3/h8,10-12,15H,7,9H2,1-6H3. The fourth-order valence-electron chi connectivity index (χ4n) is 1.92. The van der Waals surface area contributed by atoms with Gasteiger partial charge >= 0.3 is 0 Å². The van der Waals surface area contributed by atoms with Crippen LogP contribution in [0.15, 0.2) is 6.20 Å². The van der Waals surface area contributed by atoms with E-state index >= 15 is 0 Å². The molecule has 3 nitrogen and oxygen atoms in total. The van der Waals surface area contributed by atoms with Crippen LogP contribution >= 0.6 is 11.3 Å². The molecule has 1 heterocycles. The van der Waals surface area contributed by atoms with Crippen molar-refractivity contribution < 1.29 is 0 Å². The number of rotatable bonds is 7. The summed E-state index contributed by atoms with van der Waals surface area (Å²) in [5.74, 6) is 0.658. The lowest BCUT2D eigenvalue weighted by Crippen LogP contribution is -2.33.